The van der Waals surface area contributed by atoms with Gasteiger partial charge in [0.05, 0.1) is 6.61 Å². The molecule has 1 aliphatic rings. The third-order valence-electron chi connectivity index (χ3n) is 3.75. The van der Waals surface area contributed by atoms with Gasteiger partial charge in [0.1, 0.15) is 0 Å². The minimum atomic E-state index is -0.470. The van der Waals surface area contributed by atoms with Crippen molar-refractivity contribution in [2.24, 2.45) is 0 Å². The lowest BCUT2D eigenvalue weighted by Crippen LogP contribution is -2.34. The van der Waals surface area contributed by atoms with Crippen LogP contribution in [0.3, 0.4) is 0 Å². The van der Waals surface area contributed by atoms with Crippen LogP contribution in [0.15, 0.2) is 60.7 Å². The number of likely N-dealkylation sites (N-methyl/N-ethyl adjacent to an activating group) is 1. The third-order valence-corrected chi connectivity index (χ3v) is 6.28. The molecule has 2 aromatic carbocycles. The van der Waals surface area contributed by atoms with Gasteiger partial charge >= 0.3 is 0 Å². The van der Waals surface area contributed by atoms with Gasteiger partial charge < -0.3 is 4.74 Å². The number of benzene rings is 2. The minimum Gasteiger partial charge on any atom is -0.380 e. The fraction of sp³-hybridized carbons (Fsp3) is 0.294. The molecule has 1 fully saturated rings. The Labute approximate surface area is 122 Å². The second-order valence-corrected chi connectivity index (χ2v) is 7.36. The molecule has 0 amide bonds. The maximum absolute atomic E-state index is 5.57. The van der Waals surface area contributed by atoms with Gasteiger partial charge in [-0.2, -0.15) is 0 Å². The molecule has 20 heavy (non-hydrogen) atoms. The lowest BCUT2D eigenvalue weighted by atomic mass is 10.3. The summed E-state index contributed by atoms with van der Waals surface area (Å²) < 4.78 is 8.09. The van der Waals surface area contributed by atoms with E-state index in [-0.39, 0.29) is 0 Å². The highest BCUT2D eigenvalue weighted by atomic mass is 31.1. The van der Waals surface area contributed by atoms with Crippen LogP contribution in [-0.2, 0) is 4.74 Å². The molecule has 1 unspecified atom stereocenters. The smallest absolute Gasteiger partial charge is 0.0626 e. The van der Waals surface area contributed by atoms with Gasteiger partial charge in [-0.1, -0.05) is 60.7 Å². The Balaban J connectivity index is 1.95. The summed E-state index contributed by atoms with van der Waals surface area (Å²) in [6, 6.07) is 22.2. The first-order chi connectivity index (χ1) is 9.86. The second-order valence-electron chi connectivity index (χ2n) is 5.07. The van der Waals surface area contributed by atoms with Crippen molar-refractivity contribution in [2.75, 3.05) is 20.3 Å². The average Bonchev–Trinajstić information content (AvgIpc) is 3.04. The first-order valence-electron chi connectivity index (χ1n) is 7.07. The van der Waals surface area contributed by atoms with Gasteiger partial charge in [0.25, 0.3) is 0 Å². The monoisotopic (exact) mass is 285 g/mol. The van der Waals surface area contributed by atoms with Gasteiger partial charge in [-0.15, -0.1) is 0 Å². The zero-order valence-corrected chi connectivity index (χ0v) is 12.7. The molecule has 1 heterocycles. The van der Waals surface area contributed by atoms with Crippen LogP contribution in [0.2, 0.25) is 0 Å². The topological polar surface area (TPSA) is 12.5 Å². The van der Waals surface area contributed by atoms with Gasteiger partial charge in [0, 0.05) is 20.7 Å². The largest absolute Gasteiger partial charge is 0.380 e. The average molecular weight is 285 g/mol. The summed E-state index contributed by atoms with van der Waals surface area (Å²) in [5.41, 5.74) is 0. The van der Waals surface area contributed by atoms with Gasteiger partial charge in [-0.25, -0.2) is 0 Å². The summed E-state index contributed by atoms with van der Waals surface area (Å²) in [7, 11) is 1.77. The van der Waals surface area contributed by atoms with E-state index in [4.69, 9.17) is 4.74 Å². The van der Waals surface area contributed by atoms with Crippen molar-refractivity contribution in [1.29, 1.82) is 0 Å². The van der Waals surface area contributed by atoms with Crippen LogP contribution in [0, 0.1) is 0 Å². The minimum absolute atomic E-state index is 0.470. The molecule has 0 aliphatic carbocycles. The quantitative estimate of drug-likeness (QED) is 0.801. The number of nitrogens with zero attached hydrogens (tertiary/aromatic N) is 1. The first-order valence-corrected chi connectivity index (χ1v) is 8.36. The molecule has 104 valence electrons. The van der Waals surface area contributed by atoms with Crippen LogP contribution in [0.25, 0.3) is 0 Å². The Morgan fingerprint density at radius 1 is 0.950 bits per heavy atom. The van der Waals surface area contributed by atoms with Gasteiger partial charge in [-0.05, 0) is 24.1 Å². The highest BCUT2D eigenvalue weighted by molar-refractivity contribution is 7.70. The molecule has 0 aromatic heterocycles. The highest BCUT2D eigenvalue weighted by Crippen LogP contribution is 2.39. The molecule has 0 N–H and O–H groups in total. The number of rotatable bonds is 4. The molecule has 0 spiro atoms. The predicted molar refractivity (Wildman–Crippen MR) is 86.1 cm³/mol. The Kier molecular flexibility index (Phi) is 4.47. The van der Waals surface area contributed by atoms with Crippen LogP contribution in [0.5, 0.6) is 0 Å². The van der Waals surface area contributed by atoms with Crippen molar-refractivity contribution < 1.29 is 4.74 Å². The van der Waals surface area contributed by atoms with E-state index in [1.54, 1.807) is 0 Å². The van der Waals surface area contributed by atoms with Gasteiger partial charge in [-0.3, -0.25) is 4.67 Å². The van der Waals surface area contributed by atoms with Crippen molar-refractivity contribution in [3.05, 3.63) is 60.7 Å². The van der Waals surface area contributed by atoms with Crippen LogP contribution in [0.1, 0.15) is 6.42 Å². The molecule has 1 atom stereocenters. The lowest BCUT2D eigenvalue weighted by Gasteiger charge is -2.33. The molecule has 1 saturated heterocycles. The van der Waals surface area contributed by atoms with Crippen molar-refractivity contribution in [3.8, 4) is 0 Å². The van der Waals surface area contributed by atoms with Crippen molar-refractivity contribution in [3.63, 3.8) is 0 Å². The van der Waals surface area contributed by atoms with E-state index >= 15 is 0 Å². The lowest BCUT2D eigenvalue weighted by molar-refractivity contribution is 0.182. The molecule has 0 saturated carbocycles. The number of hydrogen-bond donors (Lipinski definition) is 0. The van der Waals surface area contributed by atoms with Crippen molar-refractivity contribution in [2.45, 2.75) is 12.5 Å². The molecular formula is C17H20NOP. The SMILES string of the molecule is CN(C1CCOC1)P(c1ccccc1)c1ccccc1. The third kappa shape index (κ3) is 2.93. The fourth-order valence-corrected chi connectivity index (χ4v) is 5.08. The van der Waals surface area contributed by atoms with E-state index in [0.29, 0.717) is 6.04 Å². The van der Waals surface area contributed by atoms with Crippen molar-refractivity contribution in [1.82, 2.24) is 4.67 Å². The highest BCUT2D eigenvalue weighted by Gasteiger charge is 2.28. The molecule has 2 aromatic rings. The maximum Gasteiger partial charge on any atom is 0.0626 e. The zero-order valence-electron chi connectivity index (χ0n) is 11.8. The van der Waals surface area contributed by atoms with E-state index in [2.05, 4.69) is 72.4 Å². The van der Waals surface area contributed by atoms with E-state index in [1.807, 2.05) is 0 Å². The first kappa shape index (κ1) is 13.8. The summed E-state index contributed by atoms with van der Waals surface area (Å²) in [5, 5.41) is 2.81. The van der Waals surface area contributed by atoms with E-state index in [0.717, 1.165) is 19.6 Å². The predicted octanol–water partition coefficient (Wildman–Crippen LogP) is 2.76. The summed E-state index contributed by atoms with van der Waals surface area (Å²) in [6.07, 6.45) is 1.13. The Hall–Kier alpha value is -1.21. The van der Waals surface area contributed by atoms with Crippen LogP contribution < -0.4 is 10.6 Å². The summed E-state index contributed by atoms with van der Waals surface area (Å²) in [6.45, 7) is 1.75. The van der Waals surface area contributed by atoms with Gasteiger partial charge in [0.2, 0.25) is 0 Å². The molecule has 3 heteroatoms. The molecule has 1 aliphatic heterocycles. The Morgan fingerprint density at radius 3 is 1.95 bits per heavy atom. The molecular weight excluding hydrogens is 265 g/mol. The van der Waals surface area contributed by atoms with Crippen LogP contribution in [0.4, 0.5) is 0 Å². The second kappa shape index (κ2) is 6.49. The normalized spacial score (nSPS) is 18.9. The van der Waals surface area contributed by atoms with E-state index in [9.17, 15) is 0 Å². The summed E-state index contributed by atoms with van der Waals surface area (Å²) >= 11 is 0. The Bertz CT molecular complexity index is 486. The summed E-state index contributed by atoms with van der Waals surface area (Å²) in [5.74, 6) is 0. The fourth-order valence-electron chi connectivity index (χ4n) is 2.63. The summed E-state index contributed by atoms with van der Waals surface area (Å²) in [4.78, 5) is 0. The standard InChI is InChI=1S/C17H20NOP/c1-18(15-12-13-19-14-15)20(16-8-4-2-5-9-16)17-10-6-3-7-11-17/h2-11,15H,12-14H2,1H3. The molecule has 0 radical (unpaired) electrons. The maximum atomic E-state index is 5.57. The van der Waals surface area contributed by atoms with Gasteiger partial charge in [0.15, 0.2) is 0 Å². The number of ether oxygens (including phenoxy) is 1. The molecule has 0 bridgehead atoms. The van der Waals surface area contributed by atoms with E-state index < -0.39 is 8.07 Å². The Morgan fingerprint density at radius 2 is 1.50 bits per heavy atom. The zero-order chi connectivity index (χ0) is 13.8. The number of hydrogen-bond acceptors (Lipinski definition) is 2. The molecule has 3 rings (SSSR count). The van der Waals surface area contributed by atoms with Crippen LogP contribution in [-0.4, -0.2) is 31.0 Å². The van der Waals surface area contributed by atoms with E-state index in [1.165, 1.54) is 10.6 Å². The molecule has 2 nitrogen and oxygen atoms in total. The van der Waals surface area contributed by atoms with Crippen molar-refractivity contribution >= 4 is 18.7 Å². The van der Waals surface area contributed by atoms with Crippen LogP contribution >= 0.6 is 8.07 Å².